The lowest BCUT2D eigenvalue weighted by atomic mass is 9.86. The number of ether oxygens (including phenoxy) is 1. The zero-order valence-corrected chi connectivity index (χ0v) is 18.6. The number of methoxy groups -OCH3 is 1. The fourth-order valence-electron chi connectivity index (χ4n) is 3.88. The molecule has 1 heterocycles. The molecule has 6 heteroatoms. The molecule has 1 N–H and O–H groups in total. The van der Waals surface area contributed by atoms with Crippen LogP contribution in [0.25, 0.3) is 6.08 Å². The number of hydrogen-bond acceptors (Lipinski definition) is 4. The molecule has 2 aromatic carbocycles. The monoisotopic (exact) mass is 429 g/mol. The van der Waals surface area contributed by atoms with Gasteiger partial charge in [0.2, 0.25) is 0 Å². The summed E-state index contributed by atoms with van der Waals surface area (Å²) >= 11 is 0. The summed E-state index contributed by atoms with van der Waals surface area (Å²) in [4.78, 5) is 2.58. The van der Waals surface area contributed by atoms with E-state index in [4.69, 9.17) is 9.29 Å². The van der Waals surface area contributed by atoms with Gasteiger partial charge in [0.25, 0.3) is 10.1 Å². The Balaban J connectivity index is 0.000000199. The molecular formula is C24H31NO4S. The van der Waals surface area contributed by atoms with Gasteiger partial charge in [-0.15, -0.1) is 0 Å². The number of aryl methyl sites for hydroxylation is 1. The summed E-state index contributed by atoms with van der Waals surface area (Å²) in [6.07, 6.45) is 9.15. The summed E-state index contributed by atoms with van der Waals surface area (Å²) in [5.74, 6) is 0.935. The highest BCUT2D eigenvalue weighted by Gasteiger charge is 2.28. The van der Waals surface area contributed by atoms with Crippen LogP contribution in [0.5, 0.6) is 5.75 Å². The van der Waals surface area contributed by atoms with Gasteiger partial charge in [0.05, 0.1) is 12.0 Å². The first kappa shape index (κ1) is 22.5. The lowest BCUT2D eigenvalue weighted by molar-refractivity contribution is 0.121. The van der Waals surface area contributed by atoms with E-state index >= 15 is 0 Å². The summed E-state index contributed by atoms with van der Waals surface area (Å²) in [5.41, 5.74) is 3.90. The first-order valence-corrected chi connectivity index (χ1v) is 11.9. The smallest absolute Gasteiger partial charge is 0.294 e. The fraction of sp³-hybridized carbons (Fsp3) is 0.417. The third-order valence-corrected chi connectivity index (χ3v) is 6.61. The zero-order chi connectivity index (χ0) is 21.6. The van der Waals surface area contributed by atoms with Crippen molar-refractivity contribution in [3.63, 3.8) is 0 Å². The summed E-state index contributed by atoms with van der Waals surface area (Å²) in [5, 5.41) is 0. The zero-order valence-electron chi connectivity index (χ0n) is 17.8. The maximum atomic E-state index is 10.5. The Labute approximate surface area is 180 Å². The molecule has 0 radical (unpaired) electrons. The molecule has 1 aliphatic carbocycles. The van der Waals surface area contributed by atoms with Gasteiger partial charge in [0, 0.05) is 6.04 Å². The van der Waals surface area contributed by atoms with Crippen molar-refractivity contribution in [3.8, 4) is 5.75 Å². The van der Waals surface area contributed by atoms with E-state index < -0.39 is 10.1 Å². The summed E-state index contributed by atoms with van der Waals surface area (Å²) < 4.78 is 34.8. The van der Waals surface area contributed by atoms with Gasteiger partial charge in [-0.05, 0) is 75.5 Å². The maximum absolute atomic E-state index is 10.5. The average Bonchev–Trinajstić information content (AvgIpc) is 2.69. The third-order valence-electron chi connectivity index (χ3n) is 5.74. The molecule has 2 aromatic rings. The van der Waals surface area contributed by atoms with E-state index in [1.165, 1.54) is 62.9 Å². The molecule has 5 nitrogen and oxygen atoms in total. The Morgan fingerprint density at radius 3 is 2.20 bits per heavy atom. The molecule has 162 valence electrons. The quantitative estimate of drug-likeness (QED) is 0.695. The molecule has 0 aromatic heterocycles. The summed E-state index contributed by atoms with van der Waals surface area (Å²) in [6, 6.07) is 15.1. The van der Waals surface area contributed by atoms with Crippen LogP contribution in [0.15, 0.2) is 59.0 Å². The Bertz CT molecular complexity index is 946. The molecule has 0 spiro atoms. The van der Waals surface area contributed by atoms with Crippen molar-refractivity contribution in [3.05, 3.63) is 65.2 Å². The van der Waals surface area contributed by atoms with Crippen LogP contribution < -0.4 is 4.74 Å². The molecule has 2 fully saturated rings. The van der Waals surface area contributed by atoms with Crippen LogP contribution in [0.1, 0.15) is 43.2 Å². The standard InChI is InChI=1S/C17H23NO.C7H8O3S/c1-19-16-9-7-14(8-10-16)13-15-5-2-3-6-17(15)18-11-4-12-18;1-6-2-4-7(5-3-6)11(8,9)10/h7-10,13,17H,2-6,11-12H2,1H3;2-5H,1H3,(H,8,9,10). The number of likely N-dealkylation sites (tertiary alicyclic amines) is 1. The molecule has 1 atom stereocenters. The van der Waals surface area contributed by atoms with Gasteiger partial charge in [0.1, 0.15) is 5.75 Å². The Morgan fingerprint density at radius 2 is 1.67 bits per heavy atom. The van der Waals surface area contributed by atoms with Crippen molar-refractivity contribution in [2.75, 3.05) is 20.2 Å². The number of benzene rings is 2. The molecule has 0 bridgehead atoms. The maximum Gasteiger partial charge on any atom is 0.294 e. The second-order valence-corrected chi connectivity index (χ2v) is 9.35. The molecule has 1 unspecified atom stereocenters. The van der Waals surface area contributed by atoms with Crippen LogP contribution >= 0.6 is 0 Å². The minimum Gasteiger partial charge on any atom is -0.497 e. The minimum absolute atomic E-state index is 0.0666. The van der Waals surface area contributed by atoms with Crippen LogP contribution in [0.2, 0.25) is 0 Å². The molecule has 0 amide bonds. The van der Waals surface area contributed by atoms with Gasteiger partial charge in [-0.3, -0.25) is 9.45 Å². The predicted molar refractivity (Wildman–Crippen MR) is 120 cm³/mol. The van der Waals surface area contributed by atoms with Crippen LogP contribution in [-0.4, -0.2) is 44.1 Å². The Kier molecular flexibility index (Phi) is 7.69. The second-order valence-electron chi connectivity index (χ2n) is 7.93. The molecule has 4 rings (SSSR count). The van der Waals surface area contributed by atoms with E-state index in [1.807, 2.05) is 19.1 Å². The van der Waals surface area contributed by atoms with E-state index in [-0.39, 0.29) is 4.90 Å². The lowest BCUT2D eigenvalue weighted by Gasteiger charge is -2.42. The number of rotatable bonds is 4. The van der Waals surface area contributed by atoms with Gasteiger partial charge >= 0.3 is 0 Å². The molecule has 30 heavy (non-hydrogen) atoms. The molecule has 2 aliphatic rings. The average molecular weight is 430 g/mol. The van der Waals surface area contributed by atoms with Crippen molar-refractivity contribution < 1.29 is 17.7 Å². The first-order valence-electron chi connectivity index (χ1n) is 10.5. The SMILES string of the molecule is COc1ccc(C=C2CCCCC2N2CCC2)cc1.Cc1ccc(S(=O)(=O)O)cc1. The Hall–Kier alpha value is -2.15. The largest absolute Gasteiger partial charge is 0.497 e. The van der Waals surface area contributed by atoms with Gasteiger partial charge < -0.3 is 4.74 Å². The van der Waals surface area contributed by atoms with E-state index in [0.29, 0.717) is 6.04 Å². The number of nitrogens with zero attached hydrogens (tertiary/aromatic N) is 1. The van der Waals surface area contributed by atoms with Crippen molar-refractivity contribution in [2.24, 2.45) is 0 Å². The first-order chi connectivity index (χ1) is 14.4. The molecule has 1 saturated heterocycles. The van der Waals surface area contributed by atoms with Crippen LogP contribution in [0.4, 0.5) is 0 Å². The highest BCUT2D eigenvalue weighted by atomic mass is 32.2. The van der Waals surface area contributed by atoms with Gasteiger partial charge in [-0.25, -0.2) is 0 Å². The van der Waals surface area contributed by atoms with Crippen molar-refractivity contribution >= 4 is 16.2 Å². The highest BCUT2D eigenvalue weighted by Crippen LogP contribution is 2.32. The highest BCUT2D eigenvalue weighted by molar-refractivity contribution is 7.85. The van der Waals surface area contributed by atoms with Gasteiger partial charge in [0.15, 0.2) is 0 Å². The Morgan fingerprint density at radius 1 is 1.00 bits per heavy atom. The van der Waals surface area contributed by atoms with E-state index in [9.17, 15) is 8.42 Å². The normalized spacial score (nSPS) is 20.8. The van der Waals surface area contributed by atoms with Gasteiger partial charge in [-0.1, -0.05) is 47.9 Å². The van der Waals surface area contributed by atoms with E-state index in [2.05, 4.69) is 23.1 Å². The summed E-state index contributed by atoms with van der Waals surface area (Å²) in [7, 11) is -2.30. The van der Waals surface area contributed by atoms with E-state index in [1.54, 1.807) is 24.8 Å². The fourth-order valence-corrected chi connectivity index (χ4v) is 4.36. The van der Waals surface area contributed by atoms with Crippen molar-refractivity contribution in [1.82, 2.24) is 4.90 Å². The van der Waals surface area contributed by atoms with Crippen molar-refractivity contribution in [1.29, 1.82) is 0 Å². The van der Waals surface area contributed by atoms with Crippen LogP contribution in [-0.2, 0) is 10.1 Å². The summed E-state index contributed by atoms with van der Waals surface area (Å²) in [6.45, 7) is 4.43. The van der Waals surface area contributed by atoms with Crippen LogP contribution in [0.3, 0.4) is 0 Å². The second kappa shape index (κ2) is 10.2. The predicted octanol–water partition coefficient (Wildman–Crippen LogP) is 4.97. The lowest BCUT2D eigenvalue weighted by Crippen LogP contribution is -2.46. The molecule has 1 aliphatic heterocycles. The molecular weight excluding hydrogens is 398 g/mol. The van der Waals surface area contributed by atoms with Crippen LogP contribution in [0, 0.1) is 6.92 Å². The van der Waals surface area contributed by atoms with E-state index in [0.717, 1.165) is 11.3 Å². The third kappa shape index (κ3) is 6.17. The van der Waals surface area contributed by atoms with Gasteiger partial charge in [-0.2, -0.15) is 8.42 Å². The number of hydrogen-bond donors (Lipinski definition) is 1. The molecule has 1 saturated carbocycles. The minimum atomic E-state index is -4.02. The topological polar surface area (TPSA) is 66.8 Å². The van der Waals surface area contributed by atoms with Crippen molar-refractivity contribution in [2.45, 2.75) is 50.0 Å².